The van der Waals surface area contributed by atoms with Crippen LogP contribution in [-0.4, -0.2) is 38.6 Å². The number of hydrogen-bond acceptors (Lipinski definition) is 6. The molecule has 4 aliphatic rings. The predicted octanol–water partition coefficient (Wildman–Crippen LogP) is 5.42. The summed E-state index contributed by atoms with van der Waals surface area (Å²) in [6.45, 7) is 5.97. The molecule has 202 valence electrons. The van der Waals surface area contributed by atoms with Crippen LogP contribution in [0.25, 0.3) is 0 Å². The Morgan fingerprint density at radius 2 is 1.74 bits per heavy atom. The first-order valence-electron chi connectivity index (χ1n) is 13.3. The molecule has 0 aromatic heterocycles. The van der Waals surface area contributed by atoms with Gasteiger partial charge in [-0.3, -0.25) is 19.7 Å². The number of benzene rings is 1. The van der Waals surface area contributed by atoms with Crippen LogP contribution in [0.4, 0.5) is 5.69 Å². The Morgan fingerprint density at radius 1 is 1.03 bits per heavy atom. The maximum Gasteiger partial charge on any atom is 0.343 e. The molecule has 0 heterocycles. The smallest absolute Gasteiger partial charge is 0.343 e. The minimum Gasteiger partial charge on any atom is -0.478 e. The average molecular weight is 524 g/mol. The van der Waals surface area contributed by atoms with Crippen molar-refractivity contribution >= 4 is 29.2 Å². The maximum atomic E-state index is 12.9. The molecule has 0 saturated heterocycles. The number of hydrogen-bond donors (Lipinski definition) is 2. The van der Waals surface area contributed by atoms with Gasteiger partial charge >= 0.3 is 11.9 Å². The molecule has 0 radical (unpaired) electrons. The minimum atomic E-state index is -1.69. The van der Waals surface area contributed by atoms with E-state index < -0.39 is 45.0 Å². The molecular weight excluding hydrogens is 490 g/mol. The van der Waals surface area contributed by atoms with Crippen molar-refractivity contribution in [1.82, 2.24) is 0 Å². The Balaban J connectivity index is 1.66. The van der Waals surface area contributed by atoms with Crippen LogP contribution in [0, 0.1) is 44.6 Å². The molecule has 2 N–H and O–H groups in total. The second kappa shape index (κ2) is 8.85. The van der Waals surface area contributed by atoms with Gasteiger partial charge in [0.15, 0.2) is 11.3 Å². The summed E-state index contributed by atoms with van der Waals surface area (Å²) < 4.78 is 0. The highest BCUT2D eigenvalue weighted by atomic mass is 16.6. The third-order valence-electron chi connectivity index (χ3n) is 10.8. The molecule has 38 heavy (non-hydrogen) atoms. The summed E-state index contributed by atoms with van der Waals surface area (Å²) in [5, 5.41) is 31.7. The summed E-state index contributed by atoms with van der Waals surface area (Å²) in [5.74, 6) is -3.07. The Kier molecular flexibility index (Phi) is 6.11. The van der Waals surface area contributed by atoms with E-state index in [4.69, 9.17) is 0 Å². The Hall–Kier alpha value is -3.36. The van der Waals surface area contributed by atoms with Crippen molar-refractivity contribution in [2.75, 3.05) is 0 Å². The predicted molar refractivity (Wildman–Crippen MR) is 136 cm³/mol. The molecule has 9 nitrogen and oxygen atoms in total. The number of carbonyl (C=O) groups excluding carboxylic acids is 2. The van der Waals surface area contributed by atoms with Crippen LogP contribution >= 0.6 is 0 Å². The fourth-order valence-electron chi connectivity index (χ4n) is 9.22. The van der Waals surface area contributed by atoms with Gasteiger partial charge in [-0.15, -0.1) is 0 Å². The summed E-state index contributed by atoms with van der Waals surface area (Å²) in [6.07, 6.45) is 6.72. The van der Waals surface area contributed by atoms with Crippen LogP contribution in [0.15, 0.2) is 23.8 Å². The van der Waals surface area contributed by atoms with Crippen molar-refractivity contribution in [3.05, 3.63) is 50.6 Å². The van der Waals surface area contributed by atoms with Crippen molar-refractivity contribution in [1.29, 1.82) is 0 Å². The van der Waals surface area contributed by atoms with E-state index in [-0.39, 0.29) is 46.7 Å². The number of allylic oxidation sites excluding steroid dienone is 1. The number of carboxylic acid groups (broad SMARTS) is 2. The number of carbonyl (C=O) groups is 4. The third-order valence-corrected chi connectivity index (χ3v) is 10.8. The average Bonchev–Trinajstić information content (AvgIpc) is 3.20. The largest absolute Gasteiger partial charge is 0.478 e. The summed E-state index contributed by atoms with van der Waals surface area (Å²) in [4.78, 5) is 60.8. The number of nitro benzene ring substituents is 1. The first-order chi connectivity index (χ1) is 17.8. The van der Waals surface area contributed by atoms with Gasteiger partial charge in [0.2, 0.25) is 0 Å². The fraction of sp³-hybridized carbons (Fsp3) is 0.586. The molecule has 0 bridgehead atoms. The van der Waals surface area contributed by atoms with Gasteiger partial charge in [-0.25, -0.2) is 9.59 Å². The third kappa shape index (κ3) is 3.57. The quantitative estimate of drug-likeness (QED) is 0.383. The number of aromatic carboxylic acids is 2. The normalized spacial score (nSPS) is 35.9. The maximum absolute atomic E-state index is 12.9. The highest BCUT2D eigenvalue weighted by Gasteiger charge is 2.62. The summed E-state index contributed by atoms with van der Waals surface area (Å²) in [7, 11) is 0. The Morgan fingerprint density at radius 3 is 2.34 bits per heavy atom. The zero-order chi connectivity index (χ0) is 27.7. The van der Waals surface area contributed by atoms with E-state index in [1.165, 1.54) is 6.07 Å². The molecule has 9 heteroatoms. The molecule has 4 aliphatic carbocycles. The number of rotatable bonds is 5. The molecule has 3 saturated carbocycles. The van der Waals surface area contributed by atoms with Crippen molar-refractivity contribution in [2.24, 2.45) is 34.5 Å². The van der Waals surface area contributed by atoms with Crippen molar-refractivity contribution in [2.45, 2.75) is 71.6 Å². The first-order valence-corrected chi connectivity index (χ1v) is 13.3. The van der Waals surface area contributed by atoms with Crippen molar-refractivity contribution in [3.63, 3.8) is 0 Å². The van der Waals surface area contributed by atoms with E-state index in [1.54, 1.807) is 13.0 Å². The topological polar surface area (TPSA) is 152 Å². The number of nitrogens with zero attached hydrogens (tertiary/aromatic N) is 1. The van der Waals surface area contributed by atoms with Crippen molar-refractivity contribution < 1.29 is 34.3 Å². The van der Waals surface area contributed by atoms with E-state index in [0.717, 1.165) is 43.7 Å². The van der Waals surface area contributed by atoms with Crippen LogP contribution in [0.2, 0.25) is 0 Å². The van der Waals surface area contributed by atoms with Gasteiger partial charge in [-0.1, -0.05) is 25.5 Å². The fourth-order valence-corrected chi connectivity index (χ4v) is 9.22. The molecule has 1 aromatic carbocycles. The van der Waals surface area contributed by atoms with E-state index >= 15 is 0 Å². The van der Waals surface area contributed by atoms with Gasteiger partial charge in [0.05, 0.1) is 10.5 Å². The van der Waals surface area contributed by atoms with E-state index in [9.17, 15) is 39.5 Å². The monoisotopic (exact) mass is 523 g/mol. The number of Topliss-reactive ketones (excluding diaryl/α,β-unsaturated/α-hetero) is 1. The van der Waals surface area contributed by atoms with Crippen LogP contribution in [0.1, 0.15) is 97.9 Å². The lowest BCUT2D eigenvalue weighted by Crippen LogP contribution is -2.53. The van der Waals surface area contributed by atoms with Gasteiger partial charge in [0, 0.05) is 23.8 Å². The van der Waals surface area contributed by atoms with Crippen LogP contribution < -0.4 is 0 Å². The van der Waals surface area contributed by atoms with E-state index in [2.05, 4.69) is 13.8 Å². The molecule has 1 unspecified atom stereocenters. The van der Waals surface area contributed by atoms with Crippen LogP contribution in [-0.2, 0) is 9.59 Å². The minimum absolute atomic E-state index is 0.00641. The SMILES string of the molecule is CC(=O)[C@H]1CC[C@H]2[C@@H]3CCC4=CC(=O)CC(c5ccc(C(=O)O)c(C(=O)O)c5[N+](=O)[O-])[C@@]4(C)[C@H]3CC[C@]12C. The van der Waals surface area contributed by atoms with Gasteiger partial charge in [-0.2, -0.15) is 0 Å². The Labute approximate surface area is 220 Å². The van der Waals surface area contributed by atoms with Gasteiger partial charge in [0.1, 0.15) is 5.78 Å². The lowest BCUT2D eigenvalue weighted by atomic mass is 9.44. The standard InChI is InChI=1S/C29H33NO8/c1-14(31)20-8-9-21-17-5-4-15-12-16(32)13-23(29(15,3)22(17)10-11-28(20,21)2)18-6-7-19(26(33)34)24(27(35)36)25(18)30(37)38/h6-7,12,17,20-23H,4-5,8-11,13H2,1-3H3,(H,33,34)(H,35,36)/t17-,20+,21-,22-,23?,28+,29+/m0/s1. The first kappa shape index (κ1) is 26.3. The summed E-state index contributed by atoms with van der Waals surface area (Å²) in [5.41, 5.74) is -1.89. The molecule has 7 atom stereocenters. The summed E-state index contributed by atoms with van der Waals surface area (Å²) in [6, 6.07) is 2.46. The lowest BCUT2D eigenvalue weighted by Gasteiger charge is -2.60. The number of fused-ring (bicyclic) bond motifs is 5. The highest BCUT2D eigenvalue weighted by molar-refractivity contribution is 6.05. The molecule has 0 spiro atoms. The van der Waals surface area contributed by atoms with Gasteiger partial charge < -0.3 is 10.2 Å². The lowest BCUT2D eigenvalue weighted by molar-refractivity contribution is -0.386. The molecule has 1 aromatic rings. The number of nitro groups is 1. The molecule has 0 amide bonds. The van der Waals surface area contributed by atoms with E-state index in [1.807, 2.05) is 0 Å². The second-order valence-electron chi connectivity index (χ2n) is 12.2. The molecule has 0 aliphatic heterocycles. The van der Waals surface area contributed by atoms with E-state index in [0.29, 0.717) is 12.3 Å². The van der Waals surface area contributed by atoms with Crippen molar-refractivity contribution in [3.8, 4) is 0 Å². The molecular formula is C29H33NO8. The second-order valence-corrected chi connectivity index (χ2v) is 12.2. The van der Waals surface area contributed by atoms with Crippen LogP contribution in [0.5, 0.6) is 0 Å². The molecule has 5 rings (SSSR count). The Bertz CT molecular complexity index is 1310. The highest BCUT2D eigenvalue weighted by Crippen LogP contribution is 2.69. The zero-order valence-electron chi connectivity index (χ0n) is 21.9. The zero-order valence-corrected chi connectivity index (χ0v) is 21.9. The van der Waals surface area contributed by atoms with Gasteiger partial charge in [0.25, 0.3) is 5.69 Å². The van der Waals surface area contributed by atoms with Gasteiger partial charge in [-0.05, 0) is 86.2 Å². The number of ketones is 2. The summed E-state index contributed by atoms with van der Waals surface area (Å²) >= 11 is 0. The van der Waals surface area contributed by atoms with Crippen LogP contribution in [0.3, 0.4) is 0 Å². The number of carboxylic acids is 2. The molecule has 3 fully saturated rings.